The molecule has 0 radical (unpaired) electrons. The molecule has 1 atom stereocenters. The van der Waals surface area contributed by atoms with Gasteiger partial charge in [0.2, 0.25) is 5.78 Å². The summed E-state index contributed by atoms with van der Waals surface area (Å²) in [5, 5.41) is 0. The van der Waals surface area contributed by atoms with E-state index < -0.39 is 12.1 Å². The van der Waals surface area contributed by atoms with Crippen LogP contribution in [0.1, 0.15) is 22.8 Å². The van der Waals surface area contributed by atoms with Gasteiger partial charge in [0.25, 0.3) is 0 Å². The molecule has 2 rings (SSSR count). The van der Waals surface area contributed by atoms with Crippen molar-refractivity contribution in [2.45, 2.75) is 19.4 Å². The summed E-state index contributed by atoms with van der Waals surface area (Å²) in [5.41, 5.74) is 1.32. The Morgan fingerprint density at radius 2 is 1.65 bits per heavy atom. The van der Waals surface area contributed by atoms with Crippen molar-refractivity contribution in [1.29, 1.82) is 0 Å². The fraction of sp³-hybridized carbons (Fsp3) is 0.222. The van der Waals surface area contributed by atoms with E-state index >= 15 is 0 Å². The molecule has 5 heteroatoms. The van der Waals surface area contributed by atoms with E-state index in [0.717, 1.165) is 15.8 Å². The summed E-state index contributed by atoms with van der Waals surface area (Å²) in [6, 6.07) is 14.1. The predicted octanol–water partition coefficient (Wildman–Crippen LogP) is 3.81. The van der Waals surface area contributed by atoms with Crippen LogP contribution in [0.3, 0.4) is 0 Å². The molecule has 0 heterocycles. The Morgan fingerprint density at radius 1 is 1.04 bits per heavy atom. The van der Waals surface area contributed by atoms with Crippen molar-refractivity contribution in [1.82, 2.24) is 0 Å². The van der Waals surface area contributed by atoms with Crippen molar-refractivity contribution < 1.29 is 19.1 Å². The molecule has 0 saturated heterocycles. The number of ketones is 1. The van der Waals surface area contributed by atoms with Crippen LogP contribution in [0.5, 0.6) is 5.75 Å². The Labute approximate surface area is 143 Å². The van der Waals surface area contributed by atoms with Crippen molar-refractivity contribution in [3.05, 3.63) is 64.1 Å². The highest BCUT2D eigenvalue weighted by Gasteiger charge is 2.19. The third kappa shape index (κ3) is 4.93. The monoisotopic (exact) mass is 376 g/mol. The van der Waals surface area contributed by atoms with E-state index in [0.29, 0.717) is 5.56 Å². The molecule has 2 aromatic carbocycles. The first kappa shape index (κ1) is 17.2. The summed E-state index contributed by atoms with van der Waals surface area (Å²) in [4.78, 5) is 24.2. The van der Waals surface area contributed by atoms with Gasteiger partial charge in [-0.1, -0.05) is 40.2 Å². The molecule has 0 aliphatic heterocycles. The smallest absolute Gasteiger partial charge is 0.310 e. The highest BCUT2D eigenvalue weighted by molar-refractivity contribution is 9.10. The van der Waals surface area contributed by atoms with Crippen molar-refractivity contribution in [2.75, 3.05) is 7.11 Å². The molecule has 120 valence electrons. The number of carbonyl (C=O) groups excluding carboxylic acids is 2. The molecule has 0 N–H and O–H groups in total. The van der Waals surface area contributed by atoms with Gasteiger partial charge in [0.15, 0.2) is 6.10 Å². The third-order valence-electron chi connectivity index (χ3n) is 3.31. The van der Waals surface area contributed by atoms with E-state index in [2.05, 4.69) is 15.9 Å². The number of benzene rings is 2. The second kappa shape index (κ2) is 7.92. The number of ether oxygens (including phenoxy) is 2. The van der Waals surface area contributed by atoms with Gasteiger partial charge < -0.3 is 9.47 Å². The first-order valence-electron chi connectivity index (χ1n) is 7.12. The minimum Gasteiger partial charge on any atom is -0.497 e. The summed E-state index contributed by atoms with van der Waals surface area (Å²) < 4.78 is 11.2. The lowest BCUT2D eigenvalue weighted by Crippen LogP contribution is -2.25. The molecule has 0 unspecified atom stereocenters. The fourth-order valence-electron chi connectivity index (χ4n) is 2.05. The number of hydrogen-bond donors (Lipinski definition) is 0. The number of hydrogen-bond acceptors (Lipinski definition) is 4. The highest BCUT2D eigenvalue weighted by Crippen LogP contribution is 2.15. The molecule has 0 aromatic heterocycles. The van der Waals surface area contributed by atoms with Crippen LogP contribution < -0.4 is 4.74 Å². The van der Waals surface area contributed by atoms with E-state index in [9.17, 15) is 9.59 Å². The van der Waals surface area contributed by atoms with Crippen LogP contribution in [0.2, 0.25) is 0 Å². The van der Waals surface area contributed by atoms with Gasteiger partial charge in [0.05, 0.1) is 13.5 Å². The van der Waals surface area contributed by atoms with Gasteiger partial charge in [0, 0.05) is 10.0 Å². The summed E-state index contributed by atoms with van der Waals surface area (Å²) in [6.45, 7) is 1.58. The standard InChI is InChI=1S/C18H17BrO4/c1-12(18(21)14-5-7-15(19)8-6-14)23-17(20)11-13-3-9-16(22-2)10-4-13/h3-10,12H,11H2,1-2H3/t12-/m0/s1. The van der Waals surface area contributed by atoms with E-state index in [1.165, 1.54) is 0 Å². The van der Waals surface area contributed by atoms with Gasteiger partial charge >= 0.3 is 5.97 Å². The van der Waals surface area contributed by atoms with E-state index in [4.69, 9.17) is 9.47 Å². The van der Waals surface area contributed by atoms with Gasteiger partial charge in [-0.05, 0) is 36.8 Å². The van der Waals surface area contributed by atoms with Crippen LogP contribution in [-0.4, -0.2) is 25.0 Å². The molecule has 0 saturated carbocycles. The number of halogens is 1. The summed E-state index contributed by atoms with van der Waals surface area (Å²) in [5.74, 6) is 0.0645. The number of methoxy groups -OCH3 is 1. The molecule has 0 amide bonds. The lowest BCUT2D eigenvalue weighted by atomic mass is 10.1. The SMILES string of the molecule is COc1ccc(CC(=O)O[C@@H](C)C(=O)c2ccc(Br)cc2)cc1. The number of carbonyl (C=O) groups is 2. The summed E-state index contributed by atoms with van der Waals surface area (Å²) in [6.07, 6.45) is -0.705. The van der Waals surface area contributed by atoms with Crippen molar-refractivity contribution >= 4 is 27.7 Å². The van der Waals surface area contributed by atoms with Crippen molar-refractivity contribution in [2.24, 2.45) is 0 Å². The second-order valence-corrected chi connectivity index (χ2v) is 5.94. The van der Waals surface area contributed by atoms with Crippen LogP contribution in [-0.2, 0) is 16.0 Å². The third-order valence-corrected chi connectivity index (χ3v) is 3.84. The average Bonchev–Trinajstić information content (AvgIpc) is 2.55. The summed E-state index contributed by atoms with van der Waals surface area (Å²) in [7, 11) is 1.58. The molecule has 4 nitrogen and oxygen atoms in total. The van der Waals surface area contributed by atoms with Crippen molar-refractivity contribution in [3.8, 4) is 5.75 Å². The minimum absolute atomic E-state index is 0.113. The zero-order chi connectivity index (χ0) is 16.8. The van der Waals surface area contributed by atoms with Crippen LogP contribution >= 0.6 is 15.9 Å². The van der Waals surface area contributed by atoms with Crippen LogP contribution in [0.15, 0.2) is 53.0 Å². The van der Waals surface area contributed by atoms with Crippen LogP contribution in [0, 0.1) is 0 Å². The largest absolute Gasteiger partial charge is 0.497 e. The van der Waals surface area contributed by atoms with E-state index in [-0.39, 0.29) is 12.2 Å². The molecule has 0 aliphatic carbocycles. The maximum Gasteiger partial charge on any atom is 0.310 e. The Balaban J connectivity index is 1.93. The number of Topliss-reactive ketones (excluding diaryl/α,β-unsaturated/α-hetero) is 1. The van der Waals surface area contributed by atoms with Gasteiger partial charge in [0.1, 0.15) is 5.75 Å². The van der Waals surface area contributed by atoms with E-state index in [1.807, 2.05) is 0 Å². The van der Waals surface area contributed by atoms with Gasteiger partial charge in [-0.15, -0.1) is 0 Å². The molecule has 2 aromatic rings. The Morgan fingerprint density at radius 3 is 2.22 bits per heavy atom. The molecular formula is C18H17BrO4. The fourth-order valence-corrected chi connectivity index (χ4v) is 2.32. The quantitative estimate of drug-likeness (QED) is 0.568. The zero-order valence-corrected chi connectivity index (χ0v) is 14.5. The number of rotatable bonds is 6. The molecule has 0 spiro atoms. The summed E-state index contributed by atoms with van der Waals surface area (Å²) >= 11 is 3.31. The first-order valence-corrected chi connectivity index (χ1v) is 7.91. The van der Waals surface area contributed by atoms with Crippen LogP contribution in [0.25, 0.3) is 0 Å². The molecule has 0 fully saturated rings. The average molecular weight is 377 g/mol. The normalized spacial score (nSPS) is 11.6. The Hall–Kier alpha value is -2.14. The van der Waals surface area contributed by atoms with Gasteiger partial charge in [-0.2, -0.15) is 0 Å². The van der Waals surface area contributed by atoms with Gasteiger partial charge in [-0.3, -0.25) is 9.59 Å². The maximum absolute atomic E-state index is 12.2. The maximum atomic E-state index is 12.2. The molecular weight excluding hydrogens is 360 g/mol. The molecule has 0 bridgehead atoms. The topological polar surface area (TPSA) is 52.6 Å². The minimum atomic E-state index is -0.818. The van der Waals surface area contributed by atoms with Gasteiger partial charge in [-0.25, -0.2) is 0 Å². The van der Waals surface area contributed by atoms with E-state index in [1.54, 1.807) is 62.6 Å². The predicted molar refractivity (Wildman–Crippen MR) is 90.7 cm³/mol. The van der Waals surface area contributed by atoms with Crippen molar-refractivity contribution in [3.63, 3.8) is 0 Å². The molecule has 0 aliphatic rings. The number of esters is 1. The lowest BCUT2D eigenvalue weighted by Gasteiger charge is -2.12. The Kier molecular flexibility index (Phi) is 5.93. The zero-order valence-electron chi connectivity index (χ0n) is 12.9. The second-order valence-electron chi connectivity index (χ2n) is 5.03. The molecule has 23 heavy (non-hydrogen) atoms. The first-order chi connectivity index (χ1) is 11.0. The highest BCUT2D eigenvalue weighted by atomic mass is 79.9. The Bertz CT molecular complexity index is 677. The van der Waals surface area contributed by atoms with Crippen LogP contribution in [0.4, 0.5) is 0 Å². The lowest BCUT2D eigenvalue weighted by molar-refractivity contribution is -0.145.